The Morgan fingerprint density at radius 3 is 2.64 bits per heavy atom. The summed E-state index contributed by atoms with van der Waals surface area (Å²) in [4.78, 5) is 26.0. The molecule has 1 aliphatic rings. The fourth-order valence-electron chi connectivity index (χ4n) is 2.72. The van der Waals surface area contributed by atoms with Gasteiger partial charge >= 0.3 is 5.97 Å². The molecule has 0 bridgehead atoms. The van der Waals surface area contributed by atoms with Crippen molar-refractivity contribution in [2.45, 2.75) is 12.6 Å². The third kappa shape index (κ3) is 5.64. The lowest BCUT2D eigenvalue weighted by molar-refractivity contribution is -0.149. The van der Waals surface area contributed by atoms with Gasteiger partial charge in [-0.15, -0.1) is 0 Å². The Bertz CT molecular complexity index is 979. The van der Waals surface area contributed by atoms with E-state index in [1.165, 1.54) is 28.4 Å². The lowest BCUT2D eigenvalue weighted by Crippen LogP contribution is -2.42. The highest BCUT2D eigenvalue weighted by molar-refractivity contribution is 7.94. The van der Waals surface area contributed by atoms with E-state index in [2.05, 4.69) is 0 Å². The van der Waals surface area contributed by atoms with Crippen molar-refractivity contribution in [2.24, 2.45) is 0 Å². The Balaban J connectivity index is 1.64. The monoisotopic (exact) mass is 417 g/mol. The molecule has 2 aromatic rings. The minimum absolute atomic E-state index is 0.169. The molecule has 1 amide bonds. The van der Waals surface area contributed by atoms with E-state index in [1.54, 1.807) is 6.08 Å². The van der Waals surface area contributed by atoms with Gasteiger partial charge in [-0.3, -0.25) is 4.79 Å². The van der Waals surface area contributed by atoms with Crippen LogP contribution in [0.4, 0.5) is 0 Å². The molecule has 0 aliphatic carbocycles. The molecule has 1 aromatic heterocycles. The molecule has 1 aliphatic heterocycles. The quantitative estimate of drug-likeness (QED) is 0.511. The van der Waals surface area contributed by atoms with Crippen LogP contribution in [0.2, 0.25) is 0 Å². The van der Waals surface area contributed by atoms with E-state index in [9.17, 15) is 18.0 Å². The zero-order valence-electron chi connectivity index (χ0n) is 14.9. The van der Waals surface area contributed by atoms with Gasteiger partial charge in [0.2, 0.25) is 0 Å². The second-order valence-electron chi connectivity index (χ2n) is 6.23. The van der Waals surface area contributed by atoms with Crippen molar-refractivity contribution < 1.29 is 22.7 Å². The van der Waals surface area contributed by atoms with Crippen molar-refractivity contribution >= 4 is 39.1 Å². The number of carbonyl (C=O) groups excluding carboxylic acids is 2. The van der Waals surface area contributed by atoms with Crippen LogP contribution in [0.5, 0.6) is 0 Å². The van der Waals surface area contributed by atoms with Crippen LogP contribution in [0.1, 0.15) is 11.1 Å². The molecule has 3 rings (SSSR count). The van der Waals surface area contributed by atoms with Crippen molar-refractivity contribution in [3.05, 3.63) is 75.8 Å². The molecule has 1 aromatic carbocycles. The van der Waals surface area contributed by atoms with E-state index in [4.69, 9.17) is 4.74 Å². The van der Waals surface area contributed by atoms with Crippen molar-refractivity contribution in [2.75, 3.05) is 12.4 Å². The smallest absolute Gasteiger partial charge is 0.331 e. The zero-order valence-corrected chi connectivity index (χ0v) is 16.6. The van der Waals surface area contributed by atoms with Gasteiger partial charge in [0.05, 0.1) is 11.8 Å². The molecule has 28 heavy (non-hydrogen) atoms. The number of esters is 1. The Labute approximate surface area is 167 Å². The number of sulfone groups is 1. The highest BCUT2D eigenvalue weighted by Gasteiger charge is 2.30. The summed E-state index contributed by atoms with van der Waals surface area (Å²) < 4.78 is 28.6. The van der Waals surface area contributed by atoms with Crippen LogP contribution in [0.15, 0.2) is 64.7 Å². The van der Waals surface area contributed by atoms with E-state index < -0.39 is 34.4 Å². The molecule has 0 saturated heterocycles. The molecule has 8 heteroatoms. The van der Waals surface area contributed by atoms with Gasteiger partial charge in [-0.1, -0.05) is 30.3 Å². The maximum Gasteiger partial charge on any atom is 0.331 e. The first-order valence-corrected chi connectivity index (χ1v) is 11.2. The molecule has 1 atom stereocenters. The number of amides is 1. The molecule has 0 N–H and O–H groups in total. The van der Waals surface area contributed by atoms with Gasteiger partial charge in [-0.25, -0.2) is 13.2 Å². The fraction of sp³-hybridized carbons (Fsp3) is 0.200. The second kappa shape index (κ2) is 8.99. The minimum Gasteiger partial charge on any atom is -0.452 e. The SMILES string of the molecule is O=C(/C=C/c1ccsc1)OCC(=O)N(Cc1ccccc1)[C@@H]1C=CS(=O)(=O)C1. The maximum atomic E-state index is 12.7. The van der Waals surface area contributed by atoms with Gasteiger partial charge in [0, 0.05) is 18.0 Å². The lowest BCUT2D eigenvalue weighted by Gasteiger charge is -2.27. The van der Waals surface area contributed by atoms with Crippen molar-refractivity contribution in [1.29, 1.82) is 0 Å². The van der Waals surface area contributed by atoms with Crippen molar-refractivity contribution in [1.82, 2.24) is 4.90 Å². The number of carbonyl (C=O) groups is 2. The number of rotatable bonds is 7. The summed E-state index contributed by atoms with van der Waals surface area (Å²) in [7, 11) is -3.32. The third-order valence-corrected chi connectivity index (χ3v) is 6.20. The largest absolute Gasteiger partial charge is 0.452 e. The number of nitrogens with zero attached hydrogens (tertiary/aromatic N) is 1. The molecule has 0 saturated carbocycles. The Hall–Kier alpha value is -2.71. The summed E-state index contributed by atoms with van der Waals surface area (Å²) >= 11 is 1.51. The second-order valence-corrected chi connectivity index (χ2v) is 8.94. The Morgan fingerprint density at radius 2 is 2.00 bits per heavy atom. The van der Waals surface area contributed by atoms with Crippen LogP contribution in [-0.2, 0) is 30.7 Å². The summed E-state index contributed by atoms with van der Waals surface area (Å²) in [6.45, 7) is -0.226. The van der Waals surface area contributed by atoms with E-state index in [0.717, 1.165) is 16.5 Å². The standard InChI is InChI=1S/C20H19NO5S2/c22-19(13-26-20(23)7-6-17-8-10-27-14-17)21(12-16-4-2-1-3-5-16)18-9-11-28(24,25)15-18/h1-11,14,18H,12-13,15H2/b7-6+/t18-/m1/s1. The first-order chi connectivity index (χ1) is 13.4. The summed E-state index contributed by atoms with van der Waals surface area (Å²) in [5.41, 5.74) is 1.73. The van der Waals surface area contributed by atoms with Crippen LogP contribution in [0.3, 0.4) is 0 Å². The molecule has 0 unspecified atom stereocenters. The summed E-state index contributed by atoms with van der Waals surface area (Å²) in [6, 6.07) is 10.5. The zero-order chi connectivity index (χ0) is 20.0. The van der Waals surface area contributed by atoms with Crippen molar-refractivity contribution in [3.63, 3.8) is 0 Å². The van der Waals surface area contributed by atoms with Crippen LogP contribution >= 0.6 is 11.3 Å². The summed E-state index contributed by atoms with van der Waals surface area (Å²) in [5.74, 6) is -1.25. The van der Waals surface area contributed by atoms with E-state index >= 15 is 0 Å². The molecular formula is C20H19NO5S2. The van der Waals surface area contributed by atoms with E-state index in [-0.39, 0.29) is 12.3 Å². The summed E-state index contributed by atoms with van der Waals surface area (Å²) in [5, 5.41) is 4.89. The average Bonchev–Trinajstić information content (AvgIpc) is 3.32. The predicted octanol–water partition coefficient (Wildman–Crippen LogP) is 2.64. The Morgan fingerprint density at radius 1 is 1.21 bits per heavy atom. The lowest BCUT2D eigenvalue weighted by atomic mass is 10.2. The topological polar surface area (TPSA) is 80.8 Å². The molecule has 0 fully saturated rings. The van der Waals surface area contributed by atoms with Gasteiger partial charge in [-0.05, 0) is 40.1 Å². The molecular weight excluding hydrogens is 398 g/mol. The highest BCUT2D eigenvalue weighted by atomic mass is 32.2. The van der Waals surface area contributed by atoms with Gasteiger partial charge in [0.25, 0.3) is 5.91 Å². The molecule has 0 spiro atoms. The average molecular weight is 418 g/mol. The number of benzene rings is 1. The number of hydrogen-bond donors (Lipinski definition) is 0. The van der Waals surface area contributed by atoms with Crippen LogP contribution in [0, 0.1) is 0 Å². The van der Waals surface area contributed by atoms with Crippen LogP contribution < -0.4 is 0 Å². The van der Waals surface area contributed by atoms with Gasteiger partial charge < -0.3 is 9.64 Å². The molecule has 2 heterocycles. The van der Waals surface area contributed by atoms with E-state index in [1.807, 2.05) is 47.2 Å². The van der Waals surface area contributed by atoms with Gasteiger partial charge in [0.1, 0.15) is 0 Å². The van der Waals surface area contributed by atoms with E-state index in [0.29, 0.717) is 0 Å². The van der Waals surface area contributed by atoms with Gasteiger partial charge in [-0.2, -0.15) is 11.3 Å². The normalized spacial score (nSPS) is 17.6. The number of thiophene rings is 1. The first kappa shape index (κ1) is 20.0. The molecule has 0 radical (unpaired) electrons. The first-order valence-electron chi connectivity index (χ1n) is 8.54. The van der Waals surface area contributed by atoms with Gasteiger partial charge in [0.15, 0.2) is 16.4 Å². The predicted molar refractivity (Wildman–Crippen MR) is 108 cm³/mol. The summed E-state index contributed by atoms with van der Waals surface area (Å²) in [6.07, 6.45) is 4.36. The number of hydrogen-bond acceptors (Lipinski definition) is 6. The van der Waals surface area contributed by atoms with Crippen molar-refractivity contribution in [3.8, 4) is 0 Å². The number of ether oxygens (including phenoxy) is 1. The van der Waals surface area contributed by atoms with Crippen LogP contribution in [-0.4, -0.2) is 43.6 Å². The highest BCUT2D eigenvalue weighted by Crippen LogP contribution is 2.18. The molecule has 6 nitrogen and oxygen atoms in total. The molecule has 146 valence electrons. The third-order valence-electron chi connectivity index (χ3n) is 4.12. The fourth-order valence-corrected chi connectivity index (χ4v) is 4.65. The van der Waals surface area contributed by atoms with Crippen LogP contribution in [0.25, 0.3) is 6.08 Å². The Kier molecular flexibility index (Phi) is 6.43. The maximum absolute atomic E-state index is 12.7. The minimum atomic E-state index is -3.32.